The number of sulfonamides is 1. The maximum Gasteiger partial charge on any atom is 0.309 e. The van der Waals surface area contributed by atoms with Crippen LogP contribution in [0.2, 0.25) is 0 Å². The summed E-state index contributed by atoms with van der Waals surface area (Å²) in [7, 11) is -3.26. The highest BCUT2D eigenvalue weighted by Gasteiger charge is 2.38. The second kappa shape index (κ2) is 6.61. The van der Waals surface area contributed by atoms with E-state index in [1.54, 1.807) is 18.5 Å². The van der Waals surface area contributed by atoms with Gasteiger partial charge in [0.25, 0.3) is 0 Å². The van der Waals surface area contributed by atoms with E-state index in [-0.39, 0.29) is 6.04 Å². The summed E-state index contributed by atoms with van der Waals surface area (Å²) in [5.41, 5.74) is 0. The van der Waals surface area contributed by atoms with Crippen molar-refractivity contribution < 1.29 is 18.3 Å². The van der Waals surface area contributed by atoms with Crippen LogP contribution in [-0.4, -0.2) is 90.2 Å². The Labute approximate surface area is 141 Å². The first-order valence-corrected chi connectivity index (χ1v) is 9.63. The third kappa shape index (κ3) is 3.65. The lowest BCUT2D eigenvalue weighted by molar-refractivity contribution is -0.142. The van der Waals surface area contributed by atoms with Gasteiger partial charge < -0.3 is 10.0 Å². The molecular formula is C14H21N5O4S. The molecule has 0 aromatic carbocycles. The number of anilines is 1. The lowest BCUT2D eigenvalue weighted by Crippen LogP contribution is -2.57. The molecule has 9 nitrogen and oxygen atoms in total. The van der Waals surface area contributed by atoms with Crippen molar-refractivity contribution in [3.63, 3.8) is 0 Å². The van der Waals surface area contributed by atoms with Crippen molar-refractivity contribution in [2.45, 2.75) is 6.04 Å². The average Bonchev–Trinajstić information content (AvgIpc) is 2.73. The number of carboxylic acid groups (broad SMARTS) is 1. The minimum absolute atomic E-state index is 0.0818. The summed E-state index contributed by atoms with van der Waals surface area (Å²) >= 11 is 0. The second-order valence-electron chi connectivity index (χ2n) is 6.26. The van der Waals surface area contributed by atoms with Gasteiger partial charge in [-0.05, 0) is 6.07 Å². The Bertz CT molecular complexity index is 698. The Hall–Kier alpha value is -1.78. The standard InChI is InChI=1S/C14H21N5O4S/c1-24(22,23)19-6-5-17-7-11(13(20)21)8-18(9-12(17)10-19)14-15-3-2-4-16-14/h2-4,11-12H,5-10H2,1H3,(H,20,21). The van der Waals surface area contributed by atoms with Gasteiger partial charge >= 0.3 is 5.97 Å². The highest BCUT2D eigenvalue weighted by molar-refractivity contribution is 7.88. The van der Waals surface area contributed by atoms with Crippen molar-refractivity contribution in [2.24, 2.45) is 5.92 Å². The van der Waals surface area contributed by atoms with Crippen LogP contribution in [0.25, 0.3) is 0 Å². The van der Waals surface area contributed by atoms with Crippen molar-refractivity contribution in [3.05, 3.63) is 18.5 Å². The molecule has 0 radical (unpaired) electrons. The van der Waals surface area contributed by atoms with Crippen LogP contribution in [0.1, 0.15) is 0 Å². The Morgan fingerprint density at radius 1 is 1.17 bits per heavy atom. The summed E-state index contributed by atoms with van der Waals surface area (Å²) in [6.07, 6.45) is 4.44. The zero-order valence-electron chi connectivity index (χ0n) is 13.4. The van der Waals surface area contributed by atoms with E-state index in [1.807, 2.05) is 4.90 Å². The lowest BCUT2D eigenvalue weighted by atomic mass is 10.1. The van der Waals surface area contributed by atoms with Crippen LogP contribution in [0.4, 0.5) is 5.95 Å². The molecule has 2 atom stereocenters. The fourth-order valence-corrected chi connectivity index (χ4v) is 4.15. The predicted molar refractivity (Wildman–Crippen MR) is 87.1 cm³/mol. The summed E-state index contributed by atoms with van der Waals surface area (Å²) in [6, 6.07) is 1.62. The fraction of sp³-hybridized carbons (Fsp3) is 0.643. The number of rotatable bonds is 3. The van der Waals surface area contributed by atoms with Crippen LogP contribution in [-0.2, 0) is 14.8 Å². The van der Waals surface area contributed by atoms with Gasteiger partial charge in [-0.1, -0.05) is 0 Å². The molecule has 0 aliphatic carbocycles. The third-order valence-electron chi connectivity index (χ3n) is 4.55. The van der Waals surface area contributed by atoms with E-state index in [0.717, 1.165) is 0 Å². The maximum absolute atomic E-state index is 11.8. The number of carbonyl (C=O) groups is 1. The number of piperazine rings is 1. The maximum atomic E-state index is 11.8. The number of hydrogen-bond donors (Lipinski definition) is 1. The topological polar surface area (TPSA) is 107 Å². The van der Waals surface area contributed by atoms with Crippen LogP contribution in [0.3, 0.4) is 0 Å². The lowest BCUT2D eigenvalue weighted by Gasteiger charge is -2.40. The highest BCUT2D eigenvalue weighted by Crippen LogP contribution is 2.22. The van der Waals surface area contributed by atoms with E-state index in [0.29, 0.717) is 45.2 Å². The first-order valence-electron chi connectivity index (χ1n) is 7.78. The predicted octanol–water partition coefficient (Wildman–Crippen LogP) is -1.06. The Kier molecular flexibility index (Phi) is 4.70. The average molecular weight is 355 g/mol. The molecule has 10 heteroatoms. The number of nitrogens with zero attached hydrogens (tertiary/aromatic N) is 5. The summed E-state index contributed by atoms with van der Waals surface area (Å²) < 4.78 is 25.1. The number of fused-ring (bicyclic) bond motifs is 1. The zero-order valence-corrected chi connectivity index (χ0v) is 14.3. The van der Waals surface area contributed by atoms with Crippen LogP contribution in [0.15, 0.2) is 18.5 Å². The second-order valence-corrected chi connectivity index (χ2v) is 8.24. The van der Waals surface area contributed by atoms with E-state index in [1.165, 1.54) is 10.6 Å². The van der Waals surface area contributed by atoms with Gasteiger partial charge in [-0.15, -0.1) is 0 Å². The minimum Gasteiger partial charge on any atom is -0.481 e. The number of carboxylic acids is 1. The Morgan fingerprint density at radius 2 is 1.88 bits per heavy atom. The smallest absolute Gasteiger partial charge is 0.309 e. The number of aliphatic carboxylic acids is 1. The molecule has 0 spiro atoms. The Balaban J connectivity index is 1.86. The highest BCUT2D eigenvalue weighted by atomic mass is 32.2. The summed E-state index contributed by atoms with van der Waals surface area (Å²) in [6.45, 7) is 2.50. The third-order valence-corrected chi connectivity index (χ3v) is 5.82. The van der Waals surface area contributed by atoms with Crippen LogP contribution < -0.4 is 4.90 Å². The molecule has 3 rings (SSSR count). The van der Waals surface area contributed by atoms with Crippen LogP contribution in [0, 0.1) is 5.92 Å². The van der Waals surface area contributed by atoms with Gasteiger partial charge in [0.15, 0.2) is 0 Å². The number of hydrogen-bond acceptors (Lipinski definition) is 7. The molecule has 2 aliphatic rings. The van der Waals surface area contributed by atoms with Gasteiger partial charge in [-0.2, -0.15) is 4.31 Å². The fourth-order valence-electron chi connectivity index (χ4n) is 3.29. The van der Waals surface area contributed by atoms with Crippen LogP contribution in [0.5, 0.6) is 0 Å². The molecule has 2 fully saturated rings. The van der Waals surface area contributed by atoms with Gasteiger partial charge in [0, 0.05) is 57.7 Å². The molecule has 1 aromatic heterocycles. The quantitative estimate of drug-likeness (QED) is 0.731. The summed E-state index contributed by atoms with van der Waals surface area (Å²) in [5.74, 6) is -0.951. The zero-order chi connectivity index (χ0) is 17.3. The Morgan fingerprint density at radius 3 is 2.50 bits per heavy atom. The van der Waals surface area contributed by atoms with E-state index in [4.69, 9.17) is 0 Å². The molecule has 132 valence electrons. The molecule has 1 aromatic rings. The van der Waals surface area contributed by atoms with Crippen molar-refractivity contribution in [3.8, 4) is 0 Å². The SMILES string of the molecule is CS(=O)(=O)N1CCN2CC(C(=O)O)CN(c3ncccn3)CC2C1. The molecule has 0 amide bonds. The van der Waals surface area contributed by atoms with Crippen molar-refractivity contribution in [1.82, 2.24) is 19.2 Å². The van der Waals surface area contributed by atoms with Crippen molar-refractivity contribution >= 4 is 21.9 Å². The first kappa shape index (κ1) is 17.1. The monoisotopic (exact) mass is 355 g/mol. The minimum atomic E-state index is -3.26. The first-order chi connectivity index (χ1) is 11.3. The molecule has 2 saturated heterocycles. The summed E-state index contributed by atoms with van der Waals surface area (Å²) in [4.78, 5) is 23.9. The molecule has 2 aliphatic heterocycles. The molecular weight excluding hydrogens is 334 g/mol. The molecule has 2 unspecified atom stereocenters. The summed E-state index contributed by atoms with van der Waals surface area (Å²) in [5, 5.41) is 9.50. The van der Waals surface area contributed by atoms with E-state index in [9.17, 15) is 18.3 Å². The van der Waals surface area contributed by atoms with Gasteiger partial charge in [0.1, 0.15) is 0 Å². The van der Waals surface area contributed by atoms with E-state index in [2.05, 4.69) is 14.9 Å². The number of aromatic nitrogens is 2. The molecule has 3 heterocycles. The van der Waals surface area contributed by atoms with Gasteiger partial charge in [-0.25, -0.2) is 18.4 Å². The van der Waals surface area contributed by atoms with Gasteiger partial charge in [0.05, 0.1) is 12.2 Å². The van der Waals surface area contributed by atoms with Gasteiger partial charge in [0.2, 0.25) is 16.0 Å². The van der Waals surface area contributed by atoms with Crippen molar-refractivity contribution in [1.29, 1.82) is 0 Å². The van der Waals surface area contributed by atoms with Crippen LogP contribution >= 0.6 is 0 Å². The van der Waals surface area contributed by atoms with Gasteiger partial charge in [-0.3, -0.25) is 9.69 Å². The van der Waals surface area contributed by atoms with E-state index >= 15 is 0 Å². The normalized spacial score (nSPS) is 26.6. The van der Waals surface area contributed by atoms with E-state index < -0.39 is 21.9 Å². The largest absolute Gasteiger partial charge is 0.481 e. The molecule has 1 N–H and O–H groups in total. The van der Waals surface area contributed by atoms with Crippen molar-refractivity contribution in [2.75, 3.05) is 50.4 Å². The molecule has 0 saturated carbocycles. The molecule has 0 bridgehead atoms. The molecule has 24 heavy (non-hydrogen) atoms.